The third kappa shape index (κ3) is 7.37. The molecule has 0 saturated heterocycles. The number of hydrogen-bond donors (Lipinski definition) is 1. The van der Waals surface area contributed by atoms with Gasteiger partial charge in [0, 0.05) is 26.2 Å². The molecule has 0 radical (unpaired) electrons. The topological polar surface area (TPSA) is 59.8 Å². The minimum atomic E-state index is -0.571. The molecule has 0 bridgehead atoms. The molecule has 4 rings (SSSR count). The van der Waals surface area contributed by atoms with E-state index in [9.17, 15) is 9.50 Å². The Morgan fingerprint density at radius 2 is 1.80 bits per heavy atom. The summed E-state index contributed by atoms with van der Waals surface area (Å²) >= 11 is 0. The van der Waals surface area contributed by atoms with Gasteiger partial charge in [0.1, 0.15) is 11.6 Å². The third-order valence-corrected chi connectivity index (χ3v) is 5.99. The van der Waals surface area contributed by atoms with E-state index < -0.39 is 6.10 Å². The number of aromatic nitrogens is 2. The van der Waals surface area contributed by atoms with E-state index in [1.54, 1.807) is 16.8 Å². The van der Waals surface area contributed by atoms with Crippen molar-refractivity contribution in [3.8, 4) is 17.3 Å². The van der Waals surface area contributed by atoms with Crippen molar-refractivity contribution in [1.29, 1.82) is 0 Å². The Morgan fingerprint density at radius 1 is 1.09 bits per heavy atom. The Labute approximate surface area is 207 Å². The Balaban J connectivity index is 1.59. The van der Waals surface area contributed by atoms with Gasteiger partial charge in [-0.2, -0.15) is 5.10 Å². The molecule has 3 aromatic rings. The molecule has 1 aromatic heterocycles. The van der Waals surface area contributed by atoms with Gasteiger partial charge in [0.2, 0.25) is 5.88 Å². The first kappa shape index (κ1) is 25.4. The van der Waals surface area contributed by atoms with Crippen molar-refractivity contribution in [2.75, 3.05) is 26.3 Å². The largest absolute Gasteiger partial charge is 0.439 e. The summed E-state index contributed by atoms with van der Waals surface area (Å²) < 4.78 is 27.3. The van der Waals surface area contributed by atoms with E-state index in [1.807, 2.05) is 37.3 Å². The van der Waals surface area contributed by atoms with Gasteiger partial charge < -0.3 is 14.6 Å². The maximum atomic E-state index is 13.5. The number of aryl methyl sites for hydroxylation is 1. The zero-order valence-corrected chi connectivity index (χ0v) is 20.9. The number of para-hydroxylation sites is 1. The van der Waals surface area contributed by atoms with E-state index in [1.165, 1.54) is 25.0 Å². The fraction of sp³-hybridized carbons (Fsp3) is 0.464. The number of ether oxygens (including phenoxy) is 2. The van der Waals surface area contributed by atoms with Crippen molar-refractivity contribution in [3.05, 3.63) is 71.7 Å². The molecule has 1 heterocycles. The van der Waals surface area contributed by atoms with Gasteiger partial charge in [-0.15, -0.1) is 0 Å². The average molecular weight is 482 g/mol. The summed E-state index contributed by atoms with van der Waals surface area (Å²) in [6.07, 6.45) is 1.87. The van der Waals surface area contributed by atoms with Crippen molar-refractivity contribution >= 4 is 0 Å². The molecule has 1 aliphatic carbocycles. The molecule has 0 aliphatic heterocycles. The number of aliphatic hydroxyl groups is 1. The van der Waals surface area contributed by atoms with Gasteiger partial charge in [0.15, 0.2) is 0 Å². The Morgan fingerprint density at radius 3 is 2.46 bits per heavy atom. The van der Waals surface area contributed by atoms with Gasteiger partial charge in [-0.3, -0.25) is 4.90 Å². The van der Waals surface area contributed by atoms with Crippen LogP contribution in [0.5, 0.6) is 11.6 Å². The highest BCUT2D eigenvalue weighted by atomic mass is 19.1. The van der Waals surface area contributed by atoms with E-state index in [2.05, 4.69) is 18.7 Å². The van der Waals surface area contributed by atoms with Crippen LogP contribution in [0.4, 0.5) is 4.39 Å². The maximum Gasteiger partial charge on any atom is 0.227 e. The number of nitrogens with zero attached hydrogens (tertiary/aromatic N) is 3. The highest BCUT2D eigenvalue weighted by Crippen LogP contribution is 2.34. The van der Waals surface area contributed by atoms with Gasteiger partial charge in [0.25, 0.3) is 0 Å². The predicted molar refractivity (Wildman–Crippen MR) is 134 cm³/mol. The van der Waals surface area contributed by atoms with Crippen LogP contribution in [0.2, 0.25) is 0 Å². The molecule has 1 atom stereocenters. The number of rotatable bonds is 13. The molecule has 0 unspecified atom stereocenters. The van der Waals surface area contributed by atoms with Crippen LogP contribution in [0.25, 0.3) is 5.69 Å². The molecule has 0 amide bonds. The molecule has 0 spiro atoms. The number of halogens is 1. The van der Waals surface area contributed by atoms with Crippen molar-refractivity contribution in [2.24, 2.45) is 11.8 Å². The summed E-state index contributed by atoms with van der Waals surface area (Å²) in [6, 6.07) is 15.8. The summed E-state index contributed by atoms with van der Waals surface area (Å²) in [7, 11) is 0. The molecule has 1 aliphatic rings. The molecule has 188 valence electrons. The molecule has 2 aromatic carbocycles. The summed E-state index contributed by atoms with van der Waals surface area (Å²) in [6.45, 7) is 9.15. The SMILES string of the molecule is Cc1nn(-c2ccccc2)c(Oc2ccc(F)cc2)c1CN(CC1CC1)C[C@@H](O)COCC(C)C. The monoisotopic (exact) mass is 481 g/mol. The second-order valence-corrected chi connectivity index (χ2v) is 9.90. The standard InChI is InChI=1S/C28H36FN3O3/c1-20(2)18-34-19-25(33)16-31(15-22-9-10-22)17-27-21(3)30-32(24-7-5-4-6-8-24)28(27)35-26-13-11-23(29)12-14-26/h4-8,11-14,20,22,25,33H,9-10,15-19H2,1-3H3/t25-/m1/s1. The van der Waals surface area contributed by atoms with Crippen molar-refractivity contribution in [2.45, 2.75) is 46.3 Å². The van der Waals surface area contributed by atoms with Crippen LogP contribution in [-0.4, -0.2) is 52.2 Å². The number of aliphatic hydroxyl groups excluding tert-OH is 1. The van der Waals surface area contributed by atoms with E-state index >= 15 is 0 Å². The van der Waals surface area contributed by atoms with Crippen LogP contribution >= 0.6 is 0 Å². The van der Waals surface area contributed by atoms with Crippen LogP contribution in [0.3, 0.4) is 0 Å². The second-order valence-electron chi connectivity index (χ2n) is 9.90. The first-order chi connectivity index (χ1) is 16.9. The predicted octanol–water partition coefficient (Wildman–Crippen LogP) is 5.36. The summed E-state index contributed by atoms with van der Waals surface area (Å²) in [5, 5.41) is 15.5. The summed E-state index contributed by atoms with van der Waals surface area (Å²) in [4.78, 5) is 2.28. The Kier molecular flexibility index (Phi) is 8.55. The lowest BCUT2D eigenvalue weighted by Gasteiger charge is -2.25. The lowest BCUT2D eigenvalue weighted by molar-refractivity contribution is 0.00609. The normalized spacial score (nSPS) is 14.6. The molecular formula is C28H36FN3O3. The molecule has 7 heteroatoms. The second kappa shape index (κ2) is 11.8. The van der Waals surface area contributed by atoms with Gasteiger partial charge in [0.05, 0.1) is 29.7 Å². The Hall–Kier alpha value is -2.74. The van der Waals surface area contributed by atoms with E-state index in [4.69, 9.17) is 14.6 Å². The Bertz CT molecular complexity index is 1070. The lowest BCUT2D eigenvalue weighted by Crippen LogP contribution is -2.36. The minimum absolute atomic E-state index is 0.311. The van der Waals surface area contributed by atoms with E-state index in [0.29, 0.717) is 49.8 Å². The minimum Gasteiger partial charge on any atom is -0.439 e. The van der Waals surface area contributed by atoms with Crippen LogP contribution in [0, 0.1) is 24.6 Å². The highest BCUT2D eigenvalue weighted by Gasteiger charge is 2.28. The molecule has 1 fully saturated rings. The van der Waals surface area contributed by atoms with Crippen LogP contribution in [-0.2, 0) is 11.3 Å². The van der Waals surface area contributed by atoms with Gasteiger partial charge in [-0.25, -0.2) is 9.07 Å². The molecule has 1 saturated carbocycles. The third-order valence-electron chi connectivity index (χ3n) is 5.99. The molecule has 6 nitrogen and oxygen atoms in total. The van der Waals surface area contributed by atoms with Gasteiger partial charge >= 0.3 is 0 Å². The van der Waals surface area contributed by atoms with Crippen molar-refractivity contribution in [3.63, 3.8) is 0 Å². The summed E-state index contributed by atoms with van der Waals surface area (Å²) in [5.74, 6) is 1.92. The van der Waals surface area contributed by atoms with Crippen molar-refractivity contribution in [1.82, 2.24) is 14.7 Å². The zero-order valence-electron chi connectivity index (χ0n) is 20.9. The number of hydrogen-bond acceptors (Lipinski definition) is 5. The van der Waals surface area contributed by atoms with E-state index in [-0.39, 0.29) is 5.82 Å². The van der Waals surface area contributed by atoms with Gasteiger partial charge in [-0.05, 0) is 68.0 Å². The zero-order chi connectivity index (χ0) is 24.8. The van der Waals surface area contributed by atoms with Crippen LogP contribution in [0.15, 0.2) is 54.6 Å². The summed E-state index contributed by atoms with van der Waals surface area (Å²) in [5.41, 5.74) is 2.70. The average Bonchev–Trinajstić information content (AvgIpc) is 3.60. The van der Waals surface area contributed by atoms with Crippen LogP contribution in [0.1, 0.15) is 37.9 Å². The lowest BCUT2D eigenvalue weighted by atomic mass is 10.2. The van der Waals surface area contributed by atoms with Gasteiger partial charge in [-0.1, -0.05) is 32.0 Å². The first-order valence-electron chi connectivity index (χ1n) is 12.4. The molecule has 1 N–H and O–H groups in total. The van der Waals surface area contributed by atoms with Crippen LogP contribution < -0.4 is 4.74 Å². The molecular weight excluding hydrogens is 445 g/mol. The fourth-order valence-electron chi connectivity index (χ4n) is 4.07. The van der Waals surface area contributed by atoms with E-state index in [0.717, 1.165) is 23.5 Å². The highest BCUT2D eigenvalue weighted by molar-refractivity contribution is 5.43. The quantitative estimate of drug-likeness (QED) is 0.356. The first-order valence-corrected chi connectivity index (χ1v) is 12.4. The van der Waals surface area contributed by atoms with Crippen molar-refractivity contribution < 1.29 is 19.0 Å². The smallest absolute Gasteiger partial charge is 0.227 e. The maximum absolute atomic E-state index is 13.5. The fourth-order valence-corrected chi connectivity index (χ4v) is 4.07. The molecule has 35 heavy (non-hydrogen) atoms. The number of benzene rings is 2.